The smallest absolute Gasteiger partial charge is 0.328 e. The van der Waals surface area contributed by atoms with Crippen molar-refractivity contribution < 1.29 is 33.7 Å². The number of carbonyl (C=O) groups excluding carboxylic acids is 3. The highest BCUT2D eigenvalue weighted by Crippen LogP contribution is 2.45. The number of aliphatic hydroxyl groups is 1. The van der Waals surface area contributed by atoms with Crippen LogP contribution in [0.15, 0.2) is 103 Å². The summed E-state index contributed by atoms with van der Waals surface area (Å²) in [4.78, 5) is 42.0. The van der Waals surface area contributed by atoms with Crippen molar-refractivity contribution in [2.75, 3.05) is 13.7 Å². The third-order valence-electron chi connectivity index (χ3n) is 12.8. The fourth-order valence-corrected chi connectivity index (χ4v) is 9.57. The molecule has 62 heavy (non-hydrogen) atoms. The van der Waals surface area contributed by atoms with Gasteiger partial charge in [-0.2, -0.15) is 0 Å². The Morgan fingerprint density at radius 1 is 0.806 bits per heavy atom. The molecule has 0 bridgehead atoms. The minimum Gasteiger partial charge on any atom is -0.467 e. The molecule has 0 radical (unpaired) electrons. The number of carbonyl (C=O) groups is 3. The van der Waals surface area contributed by atoms with Gasteiger partial charge in [0.25, 0.3) is 0 Å². The van der Waals surface area contributed by atoms with E-state index in [1.54, 1.807) is 0 Å². The molecule has 3 fully saturated rings. The summed E-state index contributed by atoms with van der Waals surface area (Å²) < 4.78 is 18.9. The number of fused-ring (bicyclic) bond motifs is 1. The van der Waals surface area contributed by atoms with E-state index in [1.165, 1.54) is 26.4 Å². The van der Waals surface area contributed by atoms with Crippen LogP contribution in [0.1, 0.15) is 106 Å². The number of hydrogen-bond acceptors (Lipinski definition) is 8. The molecular formula is C51H64N4O7. The van der Waals surface area contributed by atoms with E-state index in [0.29, 0.717) is 24.9 Å². The van der Waals surface area contributed by atoms with Gasteiger partial charge in [-0.15, -0.1) is 0 Å². The van der Waals surface area contributed by atoms with E-state index >= 15 is 0 Å². The number of methoxy groups -OCH3 is 1. The zero-order valence-electron chi connectivity index (χ0n) is 36.8. The van der Waals surface area contributed by atoms with E-state index in [4.69, 9.17) is 14.2 Å². The highest BCUT2D eigenvalue weighted by molar-refractivity contribution is 5.84. The monoisotopic (exact) mass is 844 g/mol. The predicted octanol–water partition coefficient (Wildman–Crippen LogP) is 8.16. The van der Waals surface area contributed by atoms with E-state index in [0.717, 1.165) is 58.2 Å². The first-order chi connectivity index (χ1) is 29.9. The molecule has 0 aromatic heterocycles. The van der Waals surface area contributed by atoms with Crippen LogP contribution in [0.3, 0.4) is 0 Å². The third-order valence-corrected chi connectivity index (χ3v) is 12.8. The number of piperidine rings is 1. The summed E-state index contributed by atoms with van der Waals surface area (Å²) in [7, 11) is 1.31. The lowest BCUT2D eigenvalue weighted by molar-refractivity contribution is -0.278. The van der Waals surface area contributed by atoms with Gasteiger partial charge in [0.2, 0.25) is 5.91 Å². The molecule has 11 heteroatoms. The molecule has 4 N–H and O–H groups in total. The highest BCUT2D eigenvalue weighted by Gasteiger charge is 2.46. The minimum atomic E-state index is -0.832. The van der Waals surface area contributed by atoms with Gasteiger partial charge in [-0.05, 0) is 97.9 Å². The Morgan fingerprint density at radius 2 is 1.52 bits per heavy atom. The van der Waals surface area contributed by atoms with Gasteiger partial charge in [-0.25, -0.2) is 9.59 Å². The van der Waals surface area contributed by atoms with Crippen LogP contribution in [-0.2, 0) is 43.4 Å². The summed E-state index contributed by atoms with van der Waals surface area (Å²) in [5.74, 6) is 0.115. The van der Waals surface area contributed by atoms with Gasteiger partial charge in [0.1, 0.15) is 6.04 Å². The number of aliphatic hydroxyl groups excluding tert-OH is 1. The van der Waals surface area contributed by atoms with Crippen LogP contribution in [0, 0.1) is 11.8 Å². The molecule has 3 aliphatic rings. The van der Waals surface area contributed by atoms with E-state index < -0.39 is 24.3 Å². The summed E-state index contributed by atoms with van der Waals surface area (Å²) in [5.41, 5.74) is 6.12. The summed E-state index contributed by atoms with van der Waals surface area (Å²) in [5, 5.41) is 18.8. The van der Waals surface area contributed by atoms with Crippen LogP contribution in [0.5, 0.6) is 0 Å². The molecule has 330 valence electrons. The molecule has 4 aromatic rings. The van der Waals surface area contributed by atoms with Crippen molar-refractivity contribution in [2.24, 2.45) is 11.8 Å². The number of nitrogens with one attached hydrogen (secondary N) is 3. The van der Waals surface area contributed by atoms with Crippen molar-refractivity contribution in [3.63, 3.8) is 0 Å². The number of rotatable bonds is 13. The van der Waals surface area contributed by atoms with Crippen LogP contribution >= 0.6 is 0 Å². The molecule has 7 rings (SSSR count). The Morgan fingerprint density at radius 3 is 2.24 bits per heavy atom. The SMILES string of the molecule is COC(=O)[C@H](Cc1ccccc1)NC(=O)NCc1cccc(-c2cccc([C@@H]3O[C@H](CN4[C@@H](C(=O)NC(C)(C)C)CC[C@H]5CCCC[C@H]54)[C@H](C)[C@H](c4ccc(CO)cc4)O3)c2)c1. The van der Waals surface area contributed by atoms with Gasteiger partial charge in [0.05, 0.1) is 32.0 Å². The Hall–Kier alpha value is -5.07. The number of urea groups is 1. The first kappa shape index (κ1) is 45.0. The predicted molar refractivity (Wildman–Crippen MR) is 240 cm³/mol. The fourth-order valence-electron chi connectivity index (χ4n) is 9.57. The van der Waals surface area contributed by atoms with Crippen LogP contribution in [0.2, 0.25) is 0 Å². The number of nitrogens with zero attached hydrogens (tertiary/aromatic N) is 1. The second-order valence-electron chi connectivity index (χ2n) is 18.4. The van der Waals surface area contributed by atoms with Crippen molar-refractivity contribution >= 4 is 17.9 Å². The maximum Gasteiger partial charge on any atom is 0.328 e. The quantitative estimate of drug-likeness (QED) is 0.0990. The molecule has 4 aromatic carbocycles. The van der Waals surface area contributed by atoms with Crippen LogP contribution < -0.4 is 16.0 Å². The number of likely N-dealkylation sites (tertiary alicyclic amines) is 1. The first-order valence-electron chi connectivity index (χ1n) is 22.3. The number of hydrogen-bond donors (Lipinski definition) is 4. The number of ether oxygens (including phenoxy) is 3. The van der Waals surface area contributed by atoms with Gasteiger partial charge in [0, 0.05) is 42.6 Å². The molecule has 3 amide bonds. The zero-order chi connectivity index (χ0) is 43.8. The second-order valence-corrected chi connectivity index (χ2v) is 18.4. The standard InChI is InChI=1S/C51H64N4O7/c1-33-45(31-55-43-20-10-9-16-37(43)25-26-44(55)47(57)54-51(2,3)4)61-49(62-46(33)38-23-21-35(32-56)22-24-38)41-19-12-18-40(29-41)39-17-11-15-36(27-39)30-52-50(59)53-42(48(58)60-5)28-34-13-7-6-8-14-34/h6-8,11-15,17-19,21-24,27,29,33,37,42-46,49,56H,9-10,16,20,25-26,28,30-32H2,1-5H3,(H,54,57)(H2,52,53,59)/t33-,37+,42-,43+,44+,45+,46+,49+/m0/s1. The molecule has 2 aliphatic heterocycles. The van der Waals surface area contributed by atoms with Crippen molar-refractivity contribution in [1.82, 2.24) is 20.9 Å². The van der Waals surface area contributed by atoms with Gasteiger partial charge < -0.3 is 35.3 Å². The fraction of sp³-hybridized carbons (Fsp3) is 0.471. The second kappa shape index (κ2) is 20.4. The Bertz CT molecular complexity index is 2120. The molecule has 11 nitrogen and oxygen atoms in total. The van der Waals surface area contributed by atoms with Crippen LogP contribution in [0.4, 0.5) is 4.79 Å². The van der Waals surface area contributed by atoms with E-state index in [1.807, 2.05) is 112 Å². The third kappa shape index (κ3) is 11.3. The van der Waals surface area contributed by atoms with Gasteiger partial charge in [-0.3, -0.25) is 9.69 Å². The molecule has 8 atom stereocenters. The summed E-state index contributed by atoms with van der Waals surface area (Å²) in [6, 6.07) is 32.5. The molecule has 0 unspecified atom stereocenters. The van der Waals surface area contributed by atoms with E-state index in [-0.39, 0.29) is 48.8 Å². The van der Waals surface area contributed by atoms with Crippen LogP contribution in [0.25, 0.3) is 11.1 Å². The molecular weight excluding hydrogens is 781 g/mol. The molecule has 1 saturated carbocycles. The highest BCUT2D eigenvalue weighted by atomic mass is 16.7. The average molecular weight is 845 g/mol. The molecule has 1 aliphatic carbocycles. The largest absolute Gasteiger partial charge is 0.467 e. The summed E-state index contributed by atoms with van der Waals surface area (Å²) in [6.45, 7) is 9.14. The lowest BCUT2D eigenvalue weighted by atomic mass is 9.75. The molecule has 2 heterocycles. The normalized spacial score (nSPS) is 24.6. The van der Waals surface area contributed by atoms with E-state index in [9.17, 15) is 19.5 Å². The summed E-state index contributed by atoms with van der Waals surface area (Å²) >= 11 is 0. The number of esters is 1. The zero-order valence-corrected chi connectivity index (χ0v) is 36.8. The lowest BCUT2D eigenvalue weighted by Crippen LogP contribution is -2.61. The lowest BCUT2D eigenvalue weighted by Gasteiger charge is -2.51. The van der Waals surface area contributed by atoms with Crippen molar-refractivity contribution in [2.45, 2.75) is 128 Å². The van der Waals surface area contributed by atoms with Crippen molar-refractivity contribution in [3.05, 3.63) is 131 Å². The van der Waals surface area contributed by atoms with Gasteiger partial charge >= 0.3 is 12.0 Å². The Balaban J connectivity index is 1.11. The molecule has 2 saturated heterocycles. The maximum atomic E-state index is 14.0. The van der Waals surface area contributed by atoms with Gasteiger partial charge in [0.15, 0.2) is 6.29 Å². The minimum absolute atomic E-state index is 0.0346. The number of amides is 3. The van der Waals surface area contributed by atoms with Gasteiger partial charge in [-0.1, -0.05) is 111 Å². The topological polar surface area (TPSA) is 138 Å². The summed E-state index contributed by atoms with van der Waals surface area (Å²) in [6.07, 6.45) is 5.69. The Kier molecular flexibility index (Phi) is 14.8. The average Bonchev–Trinajstić information content (AvgIpc) is 3.28. The van der Waals surface area contributed by atoms with Crippen molar-refractivity contribution in [3.8, 4) is 11.1 Å². The Labute approximate surface area is 366 Å². The first-order valence-corrected chi connectivity index (χ1v) is 22.3. The van der Waals surface area contributed by atoms with Crippen LogP contribution in [-0.4, -0.2) is 71.3 Å². The maximum absolute atomic E-state index is 14.0. The van der Waals surface area contributed by atoms with Crippen molar-refractivity contribution in [1.29, 1.82) is 0 Å². The van der Waals surface area contributed by atoms with E-state index in [2.05, 4.69) is 39.9 Å². The molecule has 0 spiro atoms. The number of benzene rings is 4.